The summed E-state index contributed by atoms with van der Waals surface area (Å²) in [7, 11) is 0. The molecule has 1 aromatic carbocycles. The Balaban J connectivity index is 2.02. The lowest BCUT2D eigenvalue weighted by Gasteiger charge is -2.14. The molecule has 0 bridgehead atoms. The predicted molar refractivity (Wildman–Crippen MR) is 91.2 cm³/mol. The first-order valence-electron chi connectivity index (χ1n) is 6.41. The molecule has 1 aromatic heterocycles. The minimum atomic E-state index is 0.0105. The number of hydrogen-bond acceptors (Lipinski definition) is 5. The van der Waals surface area contributed by atoms with Gasteiger partial charge in [0.2, 0.25) is 5.91 Å². The third-order valence-corrected chi connectivity index (χ3v) is 5.09. The minimum Gasteiger partial charge on any atom is -0.398 e. The van der Waals surface area contributed by atoms with Crippen LogP contribution in [-0.4, -0.2) is 17.4 Å². The molecule has 0 aliphatic rings. The van der Waals surface area contributed by atoms with Gasteiger partial charge in [0.1, 0.15) is 0 Å². The van der Waals surface area contributed by atoms with Crippen LogP contribution < -0.4 is 10.6 Å². The highest BCUT2D eigenvalue weighted by molar-refractivity contribution is 7.98. The van der Waals surface area contributed by atoms with Crippen LogP contribution in [0.4, 0.5) is 10.8 Å². The third kappa shape index (κ3) is 4.12. The molecule has 7 heteroatoms. The molecule has 0 atom stereocenters. The van der Waals surface area contributed by atoms with E-state index >= 15 is 0 Å². The van der Waals surface area contributed by atoms with Crippen LogP contribution >= 0.6 is 34.7 Å². The van der Waals surface area contributed by atoms with E-state index in [9.17, 15) is 4.79 Å². The van der Waals surface area contributed by atoms with Crippen molar-refractivity contribution in [2.24, 2.45) is 0 Å². The van der Waals surface area contributed by atoms with Gasteiger partial charge in [-0.1, -0.05) is 11.6 Å². The SMILES string of the molecule is CCN(C(C)=O)c1nc(CSc2ccc(N)c(Cl)c2)cs1. The zero-order valence-corrected chi connectivity index (χ0v) is 14.2. The molecule has 2 aromatic rings. The molecule has 0 spiro atoms. The Kier molecular flexibility index (Phi) is 5.50. The molecule has 0 aliphatic heterocycles. The number of hydrogen-bond donors (Lipinski definition) is 1. The van der Waals surface area contributed by atoms with Crippen LogP contribution in [0.5, 0.6) is 0 Å². The Morgan fingerprint density at radius 3 is 2.90 bits per heavy atom. The topological polar surface area (TPSA) is 59.2 Å². The lowest BCUT2D eigenvalue weighted by Crippen LogP contribution is -2.27. The van der Waals surface area contributed by atoms with Crippen LogP contribution in [-0.2, 0) is 10.5 Å². The van der Waals surface area contributed by atoms with Gasteiger partial charge in [0.25, 0.3) is 0 Å². The van der Waals surface area contributed by atoms with Gasteiger partial charge in [0.05, 0.1) is 16.4 Å². The molecular formula is C14H16ClN3OS2. The van der Waals surface area contributed by atoms with Crippen molar-refractivity contribution in [2.45, 2.75) is 24.5 Å². The molecule has 21 heavy (non-hydrogen) atoms. The summed E-state index contributed by atoms with van der Waals surface area (Å²) in [6.07, 6.45) is 0. The van der Waals surface area contributed by atoms with Gasteiger partial charge in [-0.15, -0.1) is 23.1 Å². The van der Waals surface area contributed by atoms with Crippen molar-refractivity contribution in [3.63, 3.8) is 0 Å². The van der Waals surface area contributed by atoms with E-state index in [0.29, 0.717) is 17.3 Å². The maximum atomic E-state index is 11.5. The van der Waals surface area contributed by atoms with Crippen LogP contribution in [0.1, 0.15) is 19.5 Å². The van der Waals surface area contributed by atoms with Gasteiger partial charge in [-0.2, -0.15) is 0 Å². The number of halogens is 1. The molecule has 0 radical (unpaired) electrons. The van der Waals surface area contributed by atoms with Gasteiger partial charge in [0.15, 0.2) is 5.13 Å². The van der Waals surface area contributed by atoms with Crippen molar-refractivity contribution < 1.29 is 4.79 Å². The second-order valence-electron chi connectivity index (χ2n) is 4.36. The summed E-state index contributed by atoms with van der Waals surface area (Å²) in [6, 6.07) is 5.58. The first-order chi connectivity index (χ1) is 10.0. The number of amides is 1. The lowest BCUT2D eigenvalue weighted by atomic mass is 10.3. The monoisotopic (exact) mass is 341 g/mol. The average molecular weight is 342 g/mol. The maximum Gasteiger partial charge on any atom is 0.225 e. The van der Waals surface area contributed by atoms with Crippen molar-refractivity contribution in [3.8, 4) is 0 Å². The second-order valence-corrected chi connectivity index (χ2v) is 6.65. The number of nitrogens with two attached hydrogens (primary N) is 1. The molecule has 4 nitrogen and oxygen atoms in total. The fourth-order valence-corrected chi connectivity index (χ4v) is 3.85. The number of aromatic nitrogens is 1. The van der Waals surface area contributed by atoms with E-state index < -0.39 is 0 Å². The van der Waals surface area contributed by atoms with Crippen LogP contribution in [0.2, 0.25) is 5.02 Å². The number of carbonyl (C=O) groups excluding carboxylic acids is 1. The lowest BCUT2D eigenvalue weighted by molar-refractivity contribution is -0.116. The molecule has 0 unspecified atom stereocenters. The third-order valence-electron chi connectivity index (χ3n) is 2.83. The molecule has 1 amide bonds. The Morgan fingerprint density at radius 1 is 1.52 bits per heavy atom. The number of anilines is 2. The first kappa shape index (κ1) is 16.1. The molecule has 0 fully saturated rings. The Hall–Kier alpha value is -1.24. The number of nitrogen functional groups attached to an aromatic ring is 1. The van der Waals surface area contributed by atoms with Crippen molar-refractivity contribution in [1.29, 1.82) is 0 Å². The Bertz CT molecular complexity index is 645. The largest absolute Gasteiger partial charge is 0.398 e. The fourth-order valence-electron chi connectivity index (χ4n) is 1.73. The van der Waals surface area contributed by atoms with Crippen LogP contribution in [0.3, 0.4) is 0 Å². The summed E-state index contributed by atoms with van der Waals surface area (Å²) in [5.74, 6) is 0.739. The second kappa shape index (κ2) is 7.15. The van der Waals surface area contributed by atoms with E-state index in [2.05, 4.69) is 4.98 Å². The first-order valence-corrected chi connectivity index (χ1v) is 8.66. The quantitative estimate of drug-likeness (QED) is 0.658. The van der Waals surface area contributed by atoms with Gasteiger partial charge in [-0.3, -0.25) is 9.69 Å². The highest BCUT2D eigenvalue weighted by atomic mass is 35.5. The number of carbonyl (C=O) groups is 1. The fraction of sp³-hybridized carbons (Fsp3) is 0.286. The number of nitrogens with zero attached hydrogens (tertiary/aromatic N) is 2. The summed E-state index contributed by atoms with van der Waals surface area (Å²) in [5, 5.41) is 3.29. The van der Waals surface area contributed by atoms with Gasteiger partial charge in [-0.25, -0.2) is 4.98 Å². The van der Waals surface area contributed by atoms with Gasteiger partial charge >= 0.3 is 0 Å². The molecule has 0 aliphatic carbocycles. The van der Waals surface area contributed by atoms with Crippen molar-refractivity contribution >= 4 is 51.4 Å². The molecule has 112 valence electrons. The van der Waals surface area contributed by atoms with Crippen LogP contribution in [0, 0.1) is 0 Å². The van der Waals surface area contributed by atoms with E-state index in [0.717, 1.165) is 21.5 Å². The molecule has 0 saturated heterocycles. The van der Waals surface area contributed by atoms with Crippen LogP contribution in [0.15, 0.2) is 28.5 Å². The Morgan fingerprint density at radius 2 is 2.29 bits per heavy atom. The number of thioether (sulfide) groups is 1. The van der Waals surface area contributed by atoms with E-state index in [1.54, 1.807) is 29.7 Å². The number of thiazole rings is 1. The highest BCUT2D eigenvalue weighted by Gasteiger charge is 2.13. The van der Waals surface area contributed by atoms with Gasteiger partial charge in [-0.05, 0) is 25.1 Å². The summed E-state index contributed by atoms with van der Waals surface area (Å²) >= 11 is 9.12. The normalized spacial score (nSPS) is 10.6. The van der Waals surface area contributed by atoms with Crippen LogP contribution in [0.25, 0.3) is 0 Å². The van der Waals surface area contributed by atoms with E-state index in [1.165, 1.54) is 11.3 Å². The molecule has 2 N–H and O–H groups in total. The predicted octanol–water partition coefficient (Wildman–Crippen LogP) is 4.04. The van der Waals surface area contributed by atoms with Crippen molar-refractivity contribution in [3.05, 3.63) is 34.3 Å². The molecule has 2 rings (SSSR count). The number of rotatable bonds is 5. The molecular weight excluding hydrogens is 326 g/mol. The molecule has 1 heterocycles. The highest BCUT2D eigenvalue weighted by Crippen LogP contribution is 2.30. The van der Waals surface area contributed by atoms with E-state index in [-0.39, 0.29) is 5.91 Å². The van der Waals surface area contributed by atoms with Gasteiger partial charge < -0.3 is 5.73 Å². The van der Waals surface area contributed by atoms with Crippen molar-refractivity contribution in [2.75, 3.05) is 17.2 Å². The smallest absolute Gasteiger partial charge is 0.225 e. The average Bonchev–Trinajstić information content (AvgIpc) is 2.89. The maximum absolute atomic E-state index is 11.5. The minimum absolute atomic E-state index is 0.0105. The summed E-state index contributed by atoms with van der Waals surface area (Å²) in [6.45, 7) is 4.12. The summed E-state index contributed by atoms with van der Waals surface area (Å²) in [4.78, 5) is 18.7. The number of benzene rings is 1. The Labute approximate surface area is 137 Å². The molecule has 0 saturated carbocycles. The van der Waals surface area contributed by atoms with E-state index in [4.69, 9.17) is 17.3 Å². The zero-order valence-electron chi connectivity index (χ0n) is 11.8. The summed E-state index contributed by atoms with van der Waals surface area (Å²) in [5.41, 5.74) is 7.22. The van der Waals surface area contributed by atoms with Crippen molar-refractivity contribution in [1.82, 2.24) is 4.98 Å². The standard InChI is InChI=1S/C14H16ClN3OS2/c1-3-18(9(2)19)14-17-10(8-21-14)7-20-11-4-5-13(16)12(15)6-11/h4-6,8H,3,7,16H2,1-2H3. The van der Waals surface area contributed by atoms with E-state index in [1.807, 2.05) is 24.4 Å². The van der Waals surface area contributed by atoms with Gasteiger partial charge in [0, 0.05) is 29.5 Å². The summed E-state index contributed by atoms with van der Waals surface area (Å²) < 4.78 is 0. The zero-order chi connectivity index (χ0) is 15.4.